The quantitative estimate of drug-likeness (QED) is 0.754. The molecular formula is C18H26N2O3. The van der Waals surface area contributed by atoms with Gasteiger partial charge >= 0.3 is 0 Å². The second-order valence-corrected chi connectivity index (χ2v) is 6.51. The van der Waals surface area contributed by atoms with Gasteiger partial charge in [0.05, 0.1) is 12.2 Å². The molecule has 1 aliphatic rings. The van der Waals surface area contributed by atoms with Crippen LogP contribution in [0.2, 0.25) is 0 Å². The van der Waals surface area contributed by atoms with E-state index >= 15 is 0 Å². The number of hydrogen-bond donors (Lipinski definition) is 2. The summed E-state index contributed by atoms with van der Waals surface area (Å²) < 4.78 is 5.96. The van der Waals surface area contributed by atoms with Gasteiger partial charge in [-0.25, -0.2) is 0 Å². The number of fused-ring (bicyclic) bond motifs is 1. The summed E-state index contributed by atoms with van der Waals surface area (Å²) in [5.41, 5.74) is 13.6. The summed E-state index contributed by atoms with van der Waals surface area (Å²) in [6.07, 6.45) is 1.28. The average Bonchev–Trinajstić information content (AvgIpc) is 2.81. The van der Waals surface area contributed by atoms with Gasteiger partial charge in [0.2, 0.25) is 5.91 Å². The molecule has 5 heteroatoms. The molecule has 0 radical (unpaired) electrons. The SMILES string of the molecule is CCC(OC(C)C)C(CC(N)=O)C1Cc2c(N)cccc2C1=O. The summed E-state index contributed by atoms with van der Waals surface area (Å²) in [5.74, 6) is -0.882. The van der Waals surface area contributed by atoms with Crippen molar-refractivity contribution in [1.29, 1.82) is 0 Å². The van der Waals surface area contributed by atoms with Gasteiger partial charge in [0.1, 0.15) is 0 Å². The van der Waals surface area contributed by atoms with Crippen molar-refractivity contribution < 1.29 is 14.3 Å². The summed E-state index contributed by atoms with van der Waals surface area (Å²) in [6.45, 7) is 5.91. The summed E-state index contributed by atoms with van der Waals surface area (Å²) in [4.78, 5) is 24.4. The van der Waals surface area contributed by atoms with Crippen molar-refractivity contribution in [3.63, 3.8) is 0 Å². The molecule has 1 aliphatic carbocycles. The minimum Gasteiger partial charge on any atom is -0.398 e. The first-order chi connectivity index (χ1) is 10.8. The van der Waals surface area contributed by atoms with E-state index in [0.29, 0.717) is 17.7 Å². The number of anilines is 1. The Kier molecular flexibility index (Phi) is 5.42. The lowest BCUT2D eigenvalue weighted by molar-refractivity contribution is -0.121. The highest BCUT2D eigenvalue weighted by atomic mass is 16.5. The predicted octanol–water partition coefficient (Wildman–Crippen LogP) is 2.32. The molecule has 2 rings (SSSR count). The number of carbonyl (C=O) groups excluding carboxylic acids is 2. The Labute approximate surface area is 137 Å². The van der Waals surface area contributed by atoms with E-state index in [0.717, 1.165) is 12.0 Å². The fourth-order valence-electron chi connectivity index (χ4n) is 3.54. The van der Waals surface area contributed by atoms with Gasteiger partial charge in [-0.15, -0.1) is 0 Å². The van der Waals surface area contributed by atoms with Crippen molar-refractivity contribution in [3.8, 4) is 0 Å². The van der Waals surface area contributed by atoms with Gasteiger partial charge in [-0.05, 0) is 38.3 Å². The number of Topliss-reactive ketones (excluding diaryl/α,β-unsaturated/α-hetero) is 1. The highest BCUT2D eigenvalue weighted by molar-refractivity contribution is 6.04. The standard InChI is InChI=1S/C18H26N2O3/c1-4-16(23-10(2)3)13(9-17(20)21)14-8-12-11(18(14)22)6-5-7-15(12)19/h5-7,10,13-14,16H,4,8-9,19H2,1-3H3,(H2,20,21). The molecule has 0 saturated heterocycles. The van der Waals surface area contributed by atoms with Gasteiger partial charge in [-0.1, -0.05) is 19.1 Å². The molecule has 0 aromatic heterocycles. The third kappa shape index (κ3) is 3.72. The van der Waals surface area contributed by atoms with Crippen LogP contribution in [0.25, 0.3) is 0 Å². The smallest absolute Gasteiger partial charge is 0.217 e. The van der Waals surface area contributed by atoms with Crippen molar-refractivity contribution in [1.82, 2.24) is 0 Å². The molecule has 4 N–H and O–H groups in total. The van der Waals surface area contributed by atoms with Crippen LogP contribution in [0.3, 0.4) is 0 Å². The summed E-state index contributed by atoms with van der Waals surface area (Å²) >= 11 is 0. The molecule has 0 aliphatic heterocycles. The number of amides is 1. The van der Waals surface area contributed by atoms with Crippen LogP contribution in [0.4, 0.5) is 5.69 Å². The first-order valence-electron chi connectivity index (χ1n) is 8.20. The Hall–Kier alpha value is -1.88. The minimum absolute atomic E-state index is 0.0271. The van der Waals surface area contributed by atoms with Crippen LogP contribution < -0.4 is 11.5 Å². The lowest BCUT2D eigenvalue weighted by atomic mass is 9.81. The number of benzene rings is 1. The van der Waals surface area contributed by atoms with Crippen molar-refractivity contribution in [3.05, 3.63) is 29.3 Å². The Morgan fingerprint density at radius 3 is 2.61 bits per heavy atom. The maximum atomic E-state index is 12.8. The van der Waals surface area contributed by atoms with Crippen LogP contribution in [-0.2, 0) is 16.0 Å². The van der Waals surface area contributed by atoms with Crippen molar-refractivity contribution in [2.24, 2.45) is 17.6 Å². The second kappa shape index (κ2) is 7.13. The summed E-state index contributed by atoms with van der Waals surface area (Å²) in [6, 6.07) is 5.40. The monoisotopic (exact) mass is 318 g/mol. The zero-order valence-electron chi connectivity index (χ0n) is 14.0. The molecule has 0 spiro atoms. The van der Waals surface area contributed by atoms with Gasteiger partial charge in [0.15, 0.2) is 5.78 Å². The molecular weight excluding hydrogens is 292 g/mol. The van der Waals surface area contributed by atoms with Crippen LogP contribution in [0, 0.1) is 11.8 Å². The number of ether oxygens (including phenoxy) is 1. The van der Waals surface area contributed by atoms with Crippen molar-refractivity contribution in [2.75, 3.05) is 5.73 Å². The molecule has 1 aromatic carbocycles. The summed E-state index contributed by atoms with van der Waals surface area (Å²) in [5, 5.41) is 0. The zero-order chi connectivity index (χ0) is 17.1. The van der Waals surface area contributed by atoms with E-state index in [1.165, 1.54) is 0 Å². The van der Waals surface area contributed by atoms with E-state index in [1.807, 2.05) is 20.8 Å². The van der Waals surface area contributed by atoms with Crippen molar-refractivity contribution >= 4 is 17.4 Å². The minimum atomic E-state index is -0.405. The van der Waals surface area contributed by atoms with E-state index in [-0.39, 0.29) is 36.2 Å². The molecule has 126 valence electrons. The average molecular weight is 318 g/mol. The first kappa shape index (κ1) is 17.5. The molecule has 0 heterocycles. The highest BCUT2D eigenvalue weighted by Gasteiger charge is 2.41. The number of primary amides is 1. The number of nitrogen functional groups attached to an aromatic ring is 1. The van der Waals surface area contributed by atoms with Gasteiger partial charge < -0.3 is 16.2 Å². The Morgan fingerprint density at radius 1 is 1.39 bits per heavy atom. The summed E-state index contributed by atoms with van der Waals surface area (Å²) in [7, 11) is 0. The Balaban J connectivity index is 2.32. The fraction of sp³-hybridized carbons (Fsp3) is 0.556. The number of nitrogens with two attached hydrogens (primary N) is 2. The zero-order valence-corrected chi connectivity index (χ0v) is 14.0. The van der Waals surface area contributed by atoms with Crippen LogP contribution in [0.5, 0.6) is 0 Å². The first-order valence-corrected chi connectivity index (χ1v) is 8.20. The van der Waals surface area contributed by atoms with E-state index in [9.17, 15) is 9.59 Å². The van der Waals surface area contributed by atoms with Crippen LogP contribution in [0.1, 0.15) is 49.5 Å². The Morgan fingerprint density at radius 2 is 2.09 bits per heavy atom. The van der Waals surface area contributed by atoms with Crippen molar-refractivity contribution in [2.45, 2.75) is 52.2 Å². The molecule has 1 amide bonds. The van der Waals surface area contributed by atoms with Gasteiger partial charge in [-0.3, -0.25) is 9.59 Å². The number of rotatable bonds is 7. The largest absolute Gasteiger partial charge is 0.398 e. The van der Waals surface area contributed by atoms with Gasteiger partial charge in [-0.2, -0.15) is 0 Å². The molecule has 1 aromatic rings. The van der Waals surface area contributed by atoms with E-state index in [1.54, 1.807) is 18.2 Å². The number of hydrogen-bond acceptors (Lipinski definition) is 4. The third-order valence-electron chi connectivity index (χ3n) is 4.52. The van der Waals surface area contributed by atoms with E-state index in [2.05, 4.69) is 0 Å². The fourth-order valence-corrected chi connectivity index (χ4v) is 3.54. The lowest BCUT2D eigenvalue weighted by Crippen LogP contribution is -2.37. The van der Waals surface area contributed by atoms with Crippen LogP contribution in [-0.4, -0.2) is 23.9 Å². The maximum Gasteiger partial charge on any atom is 0.217 e. The molecule has 0 bridgehead atoms. The second-order valence-electron chi connectivity index (χ2n) is 6.51. The molecule has 3 atom stereocenters. The lowest BCUT2D eigenvalue weighted by Gasteiger charge is -2.31. The number of carbonyl (C=O) groups is 2. The molecule has 5 nitrogen and oxygen atoms in total. The van der Waals surface area contributed by atoms with Crippen LogP contribution in [0.15, 0.2) is 18.2 Å². The number of ketones is 1. The predicted molar refractivity (Wildman–Crippen MR) is 90.0 cm³/mol. The maximum absolute atomic E-state index is 12.8. The Bertz CT molecular complexity index is 598. The van der Waals surface area contributed by atoms with Gasteiger partial charge in [0.25, 0.3) is 0 Å². The third-order valence-corrected chi connectivity index (χ3v) is 4.52. The van der Waals surface area contributed by atoms with Crippen LogP contribution >= 0.6 is 0 Å². The van der Waals surface area contributed by atoms with E-state index in [4.69, 9.17) is 16.2 Å². The molecule has 0 saturated carbocycles. The normalized spacial score (nSPS) is 19.7. The highest BCUT2D eigenvalue weighted by Crippen LogP contribution is 2.38. The molecule has 0 fully saturated rings. The van der Waals surface area contributed by atoms with Gasteiger partial charge in [0, 0.05) is 29.5 Å². The molecule has 23 heavy (non-hydrogen) atoms. The topological polar surface area (TPSA) is 95.4 Å². The molecule has 3 unspecified atom stereocenters. The van der Waals surface area contributed by atoms with E-state index < -0.39 is 5.91 Å².